The van der Waals surface area contributed by atoms with E-state index < -0.39 is 41.5 Å². The highest BCUT2D eigenvalue weighted by molar-refractivity contribution is 5.98. The third-order valence-electron chi connectivity index (χ3n) is 11.2. The van der Waals surface area contributed by atoms with E-state index in [1.54, 1.807) is 4.90 Å². The molecule has 7 atom stereocenters. The molecule has 3 amide bonds. The molecule has 1 aliphatic carbocycles. The van der Waals surface area contributed by atoms with Crippen LogP contribution in [0.4, 0.5) is 0 Å². The Bertz CT molecular complexity index is 1690. The molecule has 236 valence electrons. The zero-order valence-corrected chi connectivity index (χ0v) is 26.0. The van der Waals surface area contributed by atoms with Crippen LogP contribution in [0.25, 0.3) is 10.9 Å². The lowest BCUT2D eigenvalue weighted by Crippen LogP contribution is -2.71. The van der Waals surface area contributed by atoms with E-state index in [1.165, 1.54) is 21.4 Å². The number of amides is 3. The molecule has 10 nitrogen and oxygen atoms in total. The van der Waals surface area contributed by atoms with Crippen LogP contribution in [0.15, 0.2) is 54.7 Å². The highest BCUT2D eigenvalue weighted by atomic mass is 16.7. The molecule has 4 aliphatic heterocycles. The molecule has 0 spiro atoms. The Morgan fingerprint density at radius 2 is 1.96 bits per heavy atom. The first-order chi connectivity index (χ1) is 21.6. The number of nitrogens with zero attached hydrogens (tertiary/aromatic N) is 3. The number of aromatic amines is 1. The number of likely N-dealkylation sites (tertiary alicyclic amines) is 1. The third-order valence-corrected chi connectivity index (χ3v) is 11.2. The van der Waals surface area contributed by atoms with Crippen LogP contribution < -0.4 is 5.32 Å². The van der Waals surface area contributed by atoms with E-state index in [1.807, 2.05) is 44.2 Å². The summed E-state index contributed by atoms with van der Waals surface area (Å²) in [4.78, 5) is 51.4. The van der Waals surface area contributed by atoms with Crippen LogP contribution in [0, 0.1) is 11.8 Å². The predicted octanol–water partition coefficient (Wildman–Crippen LogP) is 2.72. The average molecular weight is 612 g/mol. The van der Waals surface area contributed by atoms with Crippen LogP contribution in [-0.4, -0.2) is 92.4 Å². The molecular weight excluding hydrogens is 570 g/mol. The molecular formula is C35H41N5O5. The number of carbonyl (C=O) groups is 3. The normalized spacial score (nSPS) is 34.3. The standard InChI is InChI=1S/C35H41N5O5/c1-20(2)34(37-31(41)23-16-25-24-11-7-12-26-30(24)22(18-36-26)17-27(25)38(3)19-23)33(43)40-28(15-21-9-5-4-6-10-21)32(42)39-14-8-13-29(39)35(40,44)45-34/h4-7,9-12,18,20,23,25,27-29,36,44H,8,13-17,19H2,1-3H3,(H,37,41)/t23?,25?,27?,28?,29?,34-,35+/m0/s1. The van der Waals surface area contributed by atoms with Crippen LogP contribution in [-0.2, 0) is 32.0 Å². The molecule has 4 saturated heterocycles. The minimum absolute atomic E-state index is 0.164. The Hall–Kier alpha value is -3.73. The van der Waals surface area contributed by atoms with Gasteiger partial charge in [0, 0.05) is 54.5 Å². The van der Waals surface area contributed by atoms with Crippen molar-refractivity contribution in [3.05, 3.63) is 71.4 Å². The number of carbonyl (C=O) groups excluding carboxylic acids is 3. The monoisotopic (exact) mass is 611 g/mol. The summed E-state index contributed by atoms with van der Waals surface area (Å²) in [7, 11) is 2.07. The van der Waals surface area contributed by atoms with E-state index in [2.05, 4.69) is 46.6 Å². The lowest BCUT2D eigenvalue weighted by molar-refractivity contribution is -0.321. The number of hydrogen-bond donors (Lipinski definition) is 3. The quantitative estimate of drug-likeness (QED) is 0.409. The van der Waals surface area contributed by atoms with Gasteiger partial charge in [-0.25, -0.2) is 0 Å². The smallest absolute Gasteiger partial charge is 0.281 e. The molecule has 2 aromatic carbocycles. The molecule has 4 fully saturated rings. The first-order valence-electron chi connectivity index (χ1n) is 16.3. The molecule has 0 saturated carbocycles. The summed E-state index contributed by atoms with van der Waals surface area (Å²) < 4.78 is 6.51. The van der Waals surface area contributed by atoms with Crippen molar-refractivity contribution < 1.29 is 24.2 Å². The van der Waals surface area contributed by atoms with Gasteiger partial charge in [-0.05, 0) is 55.5 Å². The molecule has 45 heavy (non-hydrogen) atoms. The summed E-state index contributed by atoms with van der Waals surface area (Å²) in [6, 6.07) is 14.5. The number of piperazine rings is 1. The molecule has 5 aliphatic rings. The summed E-state index contributed by atoms with van der Waals surface area (Å²) in [6.07, 6.45) is 5.12. The summed E-state index contributed by atoms with van der Waals surface area (Å²) in [5.74, 6) is -3.80. The van der Waals surface area contributed by atoms with Gasteiger partial charge in [0.15, 0.2) is 0 Å². The Morgan fingerprint density at radius 1 is 1.16 bits per heavy atom. The van der Waals surface area contributed by atoms with Gasteiger partial charge in [-0.15, -0.1) is 0 Å². The molecule has 5 unspecified atom stereocenters. The number of H-pyrrole nitrogens is 1. The van der Waals surface area contributed by atoms with Gasteiger partial charge in [0.2, 0.25) is 17.5 Å². The third kappa shape index (κ3) is 4.08. The van der Waals surface area contributed by atoms with Gasteiger partial charge in [0.05, 0.1) is 5.92 Å². The fourth-order valence-corrected chi connectivity index (χ4v) is 8.99. The lowest BCUT2D eigenvalue weighted by atomic mass is 9.72. The maximum atomic E-state index is 14.6. The Labute approximate surface area is 262 Å². The SMILES string of the molecule is CC(C)[C@]1(NC(=O)C2CC3c4cccc5[nH]cc(c45)CC3N(C)C2)O[C@]2(O)C3CCCN3C(=O)C(Cc3ccccc3)N2C1=O. The first kappa shape index (κ1) is 28.7. The number of aliphatic hydroxyl groups is 1. The number of likely N-dealkylation sites (N-methyl/N-ethyl adjacent to an activating group) is 1. The van der Waals surface area contributed by atoms with Gasteiger partial charge in [-0.2, -0.15) is 0 Å². The van der Waals surface area contributed by atoms with Gasteiger partial charge in [0.25, 0.3) is 11.8 Å². The number of benzene rings is 2. The molecule has 3 aromatic rings. The summed E-state index contributed by atoms with van der Waals surface area (Å²) in [6.45, 7) is 4.68. The highest BCUT2D eigenvalue weighted by Crippen LogP contribution is 2.49. The van der Waals surface area contributed by atoms with Crippen LogP contribution in [0.1, 0.15) is 55.7 Å². The minimum Gasteiger partial charge on any atom is -0.361 e. The Morgan fingerprint density at radius 3 is 2.73 bits per heavy atom. The predicted molar refractivity (Wildman–Crippen MR) is 167 cm³/mol. The minimum atomic E-state index is -2.04. The van der Waals surface area contributed by atoms with Gasteiger partial charge in [-0.1, -0.05) is 56.3 Å². The Balaban J connectivity index is 1.12. The van der Waals surface area contributed by atoms with Gasteiger partial charge < -0.3 is 25.2 Å². The number of piperidine rings is 1. The summed E-state index contributed by atoms with van der Waals surface area (Å²) >= 11 is 0. The Kier molecular flexibility index (Phi) is 6.47. The molecule has 0 bridgehead atoms. The van der Waals surface area contributed by atoms with Gasteiger partial charge in [-0.3, -0.25) is 24.0 Å². The van der Waals surface area contributed by atoms with E-state index >= 15 is 0 Å². The largest absolute Gasteiger partial charge is 0.361 e. The van der Waals surface area contributed by atoms with Crippen LogP contribution in [0.3, 0.4) is 0 Å². The maximum absolute atomic E-state index is 14.6. The van der Waals surface area contributed by atoms with Crippen molar-refractivity contribution in [1.29, 1.82) is 0 Å². The first-order valence-corrected chi connectivity index (χ1v) is 16.3. The second-order valence-corrected chi connectivity index (χ2v) is 14.0. The van der Waals surface area contributed by atoms with Crippen LogP contribution >= 0.6 is 0 Å². The van der Waals surface area contributed by atoms with Crippen LogP contribution in [0.2, 0.25) is 0 Å². The van der Waals surface area contributed by atoms with E-state index in [9.17, 15) is 19.5 Å². The zero-order valence-electron chi connectivity index (χ0n) is 26.0. The number of hydrogen-bond acceptors (Lipinski definition) is 6. The molecule has 0 radical (unpaired) electrons. The van der Waals surface area contributed by atoms with Gasteiger partial charge >= 0.3 is 0 Å². The van der Waals surface area contributed by atoms with Crippen molar-refractivity contribution in [2.75, 3.05) is 20.1 Å². The van der Waals surface area contributed by atoms with Gasteiger partial charge in [0.1, 0.15) is 12.1 Å². The molecule has 3 N–H and O–H groups in total. The fraction of sp³-hybridized carbons (Fsp3) is 0.514. The second-order valence-electron chi connectivity index (χ2n) is 14.0. The highest BCUT2D eigenvalue weighted by Gasteiger charge is 2.72. The van der Waals surface area contributed by atoms with Crippen molar-refractivity contribution in [3.8, 4) is 0 Å². The second kappa shape index (κ2) is 10.1. The number of aromatic nitrogens is 1. The summed E-state index contributed by atoms with van der Waals surface area (Å²) in [5.41, 5.74) is 2.75. The van der Waals surface area contributed by atoms with E-state index in [0.29, 0.717) is 32.4 Å². The van der Waals surface area contributed by atoms with E-state index in [0.717, 1.165) is 17.5 Å². The van der Waals surface area contributed by atoms with E-state index in [4.69, 9.17) is 4.74 Å². The number of fused-ring (bicyclic) bond motifs is 5. The molecule has 8 rings (SSSR count). The molecule has 1 aromatic heterocycles. The molecule has 5 heterocycles. The topological polar surface area (TPSA) is 118 Å². The molecule has 10 heteroatoms. The van der Waals surface area contributed by atoms with Crippen molar-refractivity contribution in [2.24, 2.45) is 11.8 Å². The van der Waals surface area contributed by atoms with Crippen molar-refractivity contribution >= 4 is 28.6 Å². The zero-order chi connectivity index (χ0) is 31.2. The van der Waals surface area contributed by atoms with Crippen molar-refractivity contribution in [1.82, 2.24) is 25.0 Å². The number of rotatable bonds is 5. The van der Waals surface area contributed by atoms with Crippen LogP contribution in [0.5, 0.6) is 0 Å². The number of ether oxygens (including phenoxy) is 1. The van der Waals surface area contributed by atoms with Crippen molar-refractivity contribution in [2.45, 2.75) is 81.6 Å². The number of nitrogens with one attached hydrogen (secondary N) is 2. The van der Waals surface area contributed by atoms with E-state index in [-0.39, 0.29) is 30.2 Å². The average Bonchev–Trinajstić information content (AvgIpc) is 3.74. The van der Waals surface area contributed by atoms with Crippen molar-refractivity contribution in [3.63, 3.8) is 0 Å². The lowest BCUT2D eigenvalue weighted by Gasteiger charge is -2.48. The summed E-state index contributed by atoms with van der Waals surface area (Å²) in [5, 5.41) is 16.6. The fourth-order valence-electron chi connectivity index (χ4n) is 8.99. The maximum Gasteiger partial charge on any atom is 0.281 e.